The normalized spacial score (nSPS) is 19.0. The second-order valence-electron chi connectivity index (χ2n) is 10.5. The number of likely N-dealkylation sites (tertiary alicyclic amines) is 1. The van der Waals surface area contributed by atoms with E-state index in [0.717, 1.165) is 61.1 Å². The molecular formula is C24H36N6OSi. The first-order valence-corrected chi connectivity index (χ1v) is 15.7. The van der Waals surface area contributed by atoms with Gasteiger partial charge in [-0.3, -0.25) is 4.90 Å². The van der Waals surface area contributed by atoms with Gasteiger partial charge in [0.2, 0.25) is 0 Å². The van der Waals surface area contributed by atoms with Gasteiger partial charge in [0.05, 0.1) is 11.7 Å². The van der Waals surface area contributed by atoms with Gasteiger partial charge in [-0.15, -0.1) is 0 Å². The van der Waals surface area contributed by atoms with E-state index >= 15 is 0 Å². The van der Waals surface area contributed by atoms with Crippen LogP contribution in [0, 0.1) is 0 Å². The number of rotatable bonds is 8. The van der Waals surface area contributed by atoms with Gasteiger partial charge in [0.1, 0.15) is 18.7 Å². The summed E-state index contributed by atoms with van der Waals surface area (Å²) < 4.78 is 10.4. The molecule has 1 N–H and O–H groups in total. The summed E-state index contributed by atoms with van der Waals surface area (Å²) in [6, 6.07) is 6.82. The SMILES string of the molecule is C[Si](C)(C)CCOCn1ccc2c(-c3ccn(C4CN(C5CCNCC5)C4)c3)ncnc21. The van der Waals surface area contributed by atoms with Crippen LogP contribution in [0.25, 0.3) is 22.3 Å². The van der Waals surface area contributed by atoms with Gasteiger partial charge >= 0.3 is 0 Å². The number of nitrogens with zero attached hydrogens (tertiary/aromatic N) is 5. The van der Waals surface area contributed by atoms with E-state index in [-0.39, 0.29) is 0 Å². The fourth-order valence-corrected chi connectivity index (χ4v) is 5.56. The third kappa shape index (κ3) is 4.68. The van der Waals surface area contributed by atoms with Gasteiger partial charge in [-0.25, -0.2) is 9.97 Å². The van der Waals surface area contributed by atoms with Crippen LogP contribution in [-0.4, -0.2) is 70.9 Å². The standard InChI is InChI=1S/C24H36N6OSi/c1-32(2,3)13-12-31-18-29-11-7-22-23(26-17-27-24(22)29)19-6-10-28(14-19)21-15-30(16-21)20-4-8-25-9-5-20/h6-7,10-11,14,17,20-21,25H,4-5,8-9,12-13,15-16,18H2,1-3H3. The minimum Gasteiger partial charge on any atom is -0.361 e. The maximum Gasteiger partial charge on any atom is 0.145 e. The predicted molar refractivity (Wildman–Crippen MR) is 132 cm³/mol. The molecule has 5 rings (SSSR count). The maximum atomic E-state index is 5.95. The molecule has 32 heavy (non-hydrogen) atoms. The van der Waals surface area contributed by atoms with Crippen molar-refractivity contribution >= 4 is 19.1 Å². The first kappa shape index (κ1) is 21.8. The van der Waals surface area contributed by atoms with Crippen LogP contribution in [0.4, 0.5) is 0 Å². The Morgan fingerprint density at radius 3 is 2.66 bits per heavy atom. The van der Waals surface area contributed by atoms with Crippen LogP contribution in [0.5, 0.6) is 0 Å². The first-order chi connectivity index (χ1) is 15.5. The van der Waals surface area contributed by atoms with E-state index in [1.165, 1.54) is 18.9 Å². The number of aromatic nitrogens is 4. The quantitative estimate of drug-likeness (QED) is 0.416. The molecule has 0 amide bonds. The van der Waals surface area contributed by atoms with Gasteiger partial charge in [-0.05, 0) is 44.1 Å². The zero-order valence-electron chi connectivity index (χ0n) is 19.6. The van der Waals surface area contributed by atoms with E-state index in [1.807, 2.05) is 0 Å². The summed E-state index contributed by atoms with van der Waals surface area (Å²) in [5.74, 6) is 0. The van der Waals surface area contributed by atoms with E-state index < -0.39 is 8.07 Å². The lowest BCUT2D eigenvalue weighted by atomic mass is 9.98. The molecule has 2 aliphatic heterocycles. The second-order valence-corrected chi connectivity index (χ2v) is 16.2. The number of hydrogen-bond donors (Lipinski definition) is 1. The van der Waals surface area contributed by atoms with Crippen LogP contribution in [-0.2, 0) is 11.5 Å². The molecule has 0 unspecified atom stereocenters. The number of fused-ring (bicyclic) bond motifs is 1. The number of ether oxygens (including phenoxy) is 1. The Balaban J connectivity index is 1.25. The fourth-order valence-electron chi connectivity index (χ4n) is 4.81. The van der Waals surface area contributed by atoms with E-state index in [0.29, 0.717) is 12.8 Å². The maximum absolute atomic E-state index is 5.95. The Labute approximate surface area is 191 Å². The Kier molecular flexibility index (Phi) is 6.20. The number of nitrogens with one attached hydrogen (secondary N) is 1. The molecule has 3 aromatic rings. The third-order valence-corrected chi connectivity index (χ3v) is 8.61. The minimum absolute atomic E-state index is 0.542. The summed E-state index contributed by atoms with van der Waals surface area (Å²) in [4.78, 5) is 11.8. The van der Waals surface area contributed by atoms with Crippen LogP contribution in [0.2, 0.25) is 25.7 Å². The Bertz CT molecular complexity index is 1040. The highest BCUT2D eigenvalue weighted by atomic mass is 28.3. The van der Waals surface area contributed by atoms with Crippen LogP contribution in [0.1, 0.15) is 18.9 Å². The molecule has 2 saturated heterocycles. The molecule has 0 aliphatic carbocycles. The van der Waals surface area contributed by atoms with E-state index in [9.17, 15) is 0 Å². The lowest BCUT2D eigenvalue weighted by Crippen LogP contribution is -2.55. The Hall–Kier alpha value is -2.00. The topological polar surface area (TPSA) is 60.1 Å². The summed E-state index contributed by atoms with van der Waals surface area (Å²) in [5, 5.41) is 4.55. The molecular weight excluding hydrogens is 416 g/mol. The summed E-state index contributed by atoms with van der Waals surface area (Å²) in [6.07, 6.45) is 10.8. The molecule has 0 atom stereocenters. The van der Waals surface area contributed by atoms with Crippen LogP contribution in [0.3, 0.4) is 0 Å². The molecule has 8 heteroatoms. The summed E-state index contributed by atoms with van der Waals surface area (Å²) in [7, 11) is -1.07. The molecule has 0 bridgehead atoms. The average molecular weight is 453 g/mol. The molecule has 2 fully saturated rings. The molecule has 2 aliphatic rings. The van der Waals surface area contributed by atoms with Gasteiger partial charge < -0.3 is 19.2 Å². The molecule has 0 radical (unpaired) electrons. The lowest BCUT2D eigenvalue weighted by Gasteiger charge is -2.46. The molecule has 3 aromatic heterocycles. The van der Waals surface area contributed by atoms with Crippen molar-refractivity contribution in [2.75, 3.05) is 32.8 Å². The highest BCUT2D eigenvalue weighted by molar-refractivity contribution is 6.76. The van der Waals surface area contributed by atoms with E-state index in [1.54, 1.807) is 6.33 Å². The molecule has 172 valence electrons. The molecule has 0 spiro atoms. The molecule has 0 aromatic carbocycles. The highest BCUT2D eigenvalue weighted by Crippen LogP contribution is 2.31. The van der Waals surface area contributed by atoms with E-state index in [4.69, 9.17) is 4.74 Å². The fraction of sp³-hybridized carbons (Fsp3) is 0.583. The Morgan fingerprint density at radius 2 is 1.88 bits per heavy atom. The summed E-state index contributed by atoms with van der Waals surface area (Å²) in [5.41, 5.74) is 3.11. The average Bonchev–Trinajstić information content (AvgIpc) is 3.38. The first-order valence-electron chi connectivity index (χ1n) is 12.0. The monoisotopic (exact) mass is 452 g/mol. The van der Waals surface area contributed by atoms with Gasteiger partial charge in [0, 0.05) is 63.4 Å². The van der Waals surface area contributed by atoms with Crippen LogP contribution < -0.4 is 5.32 Å². The van der Waals surface area contributed by atoms with Crippen LogP contribution >= 0.6 is 0 Å². The van der Waals surface area contributed by atoms with Gasteiger partial charge in [0.25, 0.3) is 0 Å². The number of hydrogen-bond acceptors (Lipinski definition) is 5. The van der Waals surface area contributed by atoms with Crippen molar-refractivity contribution in [1.82, 2.24) is 29.3 Å². The smallest absolute Gasteiger partial charge is 0.145 e. The molecule has 7 nitrogen and oxygen atoms in total. The predicted octanol–water partition coefficient (Wildman–Crippen LogP) is 3.82. The van der Waals surface area contributed by atoms with Crippen molar-refractivity contribution in [3.05, 3.63) is 37.1 Å². The number of piperidine rings is 1. The Morgan fingerprint density at radius 1 is 1.06 bits per heavy atom. The van der Waals surface area contributed by atoms with Gasteiger partial charge in [0.15, 0.2) is 0 Å². The summed E-state index contributed by atoms with van der Waals surface area (Å²) >= 11 is 0. The van der Waals surface area contributed by atoms with Crippen molar-refractivity contribution in [1.29, 1.82) is 0 Å². The lowest BCUT2D eigenvalue weighted by molar-refractivity contribution is 0.0446. The summed E-state index contributed by atoms with van der Waals surface area (Å²) in [6.45, 7) is 13.1. The van der Waals surface area contributed by atoms with Gasteiger partial charge in [-0.2, -0.15) is 0 Å². The zero-order chi connectivity index (χ0) is 22.1. The second kappa shape index (κ2) is 9.09. The zero-order valence-corrected chi connectivity index (χ0v) is 20.6. The van der Waals surface area contributed by atoms with Crippen LogP contribution in [0.15, 0.2) is 37.1 Å². The van der Waals surface area contributed by atoms with E-state index in [2.05, 4.69) is 79.7 Å². The van der Waals surface area contributed by atoms with Gasteiger partial charge in [-0.1, -0.05) is 19.6 Å². The molecule has 0 saturated carbocycles. The van der Waals surface area contributed by atoms with Crippen molar-refractivity contribution in [3.63, 3.8) is 0 Å². The largest absolute Gasteiger partial charge is 0.361 e. The molecule has 5 heterocycles. The van der Waals surface area contributed by atoms with Crippen molar-refractivity contribution in [3.8, 4) is 11.3 Å². The highest BCUT2D eigenvalue weighted by Gasteiger charge is 2.33. The van der Waals surface area contributed by atoms with Crippen molar-refractivity contribution < 1.29 is 4.74 Å². The van der Waals surface area contributed by atoms with Crippen molar-refractivity contribution in [2.24, 2.45) is 0 Å². The van der Waals surface area contributed by atoms with Crippen molar-refractivity contribution in [2.45, 2.75) is 57.3 Å². The minimum atomic E-state index is -1.07. The third-order valence-electron chi connectivity index (χ3n) is 6.91.